The molecule has 4 nitrogen and oxygen atoms in total. The van der Waals surface area contributed by atoms with Gasteiger partial charge >= 0.3 is 5.97 Å². The number of unbranched alkanes of at least 4 members (excludes halogenated alkanes) is 2. The molecule has 1 aromatic rings. The van der Waals surface area contributed by atoms with Crippen molar-refractivity contribution in [1.29, 1.82) is 5.26 Å². The minimum absolute atomic E-state index is 0.169. The van der Waals surface area contributed by atoms with E-state index in [1.165, 1.54) is 7.11 Å². The molecule has 0 bridgehead atoms. The summed E-state index contributed by atoms with van der Waals surface area (Å²) in [6.07, 6.45) is 3.16. The maximum atomic E-state index is 10.9. The van der Waals surface area contributed by atoms with Crippen LogP contribution in [0.5, 0.6) is 0 Å². The summed E-state index contributed by atoms with van der Waals surface area (Å²) in [5.41, 5.74) is 1.34. The van der Waals surface area contributed by atoms with Crippen LogP contribution in [-0.2, 0) is 9.53 Å². The van der Waals surface area contributed by atoms with E-state index in [1.54, 1.807) is 18.2 Å². The molecule has 0 heterocycles. The lowest BCUT2D eigenvalue weighted by molar-refractivity contribution is -0.140. The molecule has 19 heavy (non-hydrogen) atoms. The van der Waals surface area contributed by atoms with E-state index in [0.29, 0.717) is 17.0 Å². The lowest BCUT2D eigenvalue weighted by Gasteiger charge is -2.08. The van der Waals surface area contributed by atoms with E-state index < -0.39 is 0 Å². The van der Waals surface area contributed by atoms with Gasteiger partial charge in [0.05, 0.1) is 18.4 Å². The molecule has 0 unspecified atom stereocenters. The first-order valence-electron chi connectivity index (χ1n) is 6.17. The lowest BCUT2D eigenvalue weighted by Crippen LogP contribution is -2.04. The summed E-state index contributed by atoms with van der Waals surface area (Å²) in [7, 11) is 1.40. The molecule has 0 fully saturated rings. The van der Waals surface area contributed by atoms with Crippen molar-refractivity contribution in [1.82, 2.24) is 0 Å². The van der Waals surface area contributed by atoms with E-state index in [0.717, 1.165) is 31.5 Å². The summed E-state index contributed by atoms with van der Waals surface area (Å²) in [6.45, 7) is 0.761. The van der Waals surface area contributed by atoms with Crippen molar-refractivity contribution < 1.29 is 9.53 Å². The van der Waals surface area contributed by atoms with Gasteiger partial charge in [-0.3, -0.25) is 4.79 Å². The van der Waals surface area contributed by atoms with Gasteiger partial charge in [0, 0.05) is 18.0 Å². The Balaban J connectivity index is 2.27. The largest absolute Gasteiger partial charge is 0.469 e. The molecule has 0 amide bonds. The number of carbonyl (C=O) groups excluding carboxylic acids is 1. The summed E-state index contributed by atoms with van der Waals surface area (Å²) in [5, 5.41) is 12.7. The van der Waals surface area contributed by atoms with Gasteiger partial charge in [-0.1, -0.05) is 18.0 Å². The summed E-state index contributed by atoms with van der Waals surface area (Å²) in [5.74, 6) is -0.169. The van der Waals surface area contributed by atoms with Gasteiger partial charge in [-0.05, 0) is 31.0 Å². The standard InChI is InChI=1S/C14H17ClN2O2/c1-19-14(18)5-3-2-4-8-17-13-7-6-12(15)9-11(13)10-16/h6-7,9,17H,2-5,8H2,1H3. The second kappa shape index (κ2) is 8.39. The zero-order valence-corrected chi connectivity index (χ0v) is 11.7. The smallest absolute Gasteiger partial charge is 0.305 e. The molecule has 0 aliphatic heterocycles. The SMILES string of the molecule is COC(=O)CCCCCNc1ccc(Cl)cc1C#N. The Bertz CT molecular complexity index is 469. The molecule has 0 aromatic heterocycles. The summed E-state index contributed by atoms with van der Waals surface area (Å²) in [6, 6.07) is 7.30. The highest BCUT2D eigenvalue weighted by atomic mass is 35.5. The Kier molecular flexibility index (Phi) is 6.76. The Labute approximate surface area is 118 Å². The number of esters is 1. The third-order valence-electron chi connectivity index (χ3n) is 2.70. The Hall–Kier alpha value is -1.73. The number of carbonyl (C=O) groups is 1. The van der Waals surface area contributed by atoms with E-state index >= 15 is 0 Å². The maximum Gasteiger partial charge on any atom is 0.305 e. The first-order valence-corrected chi connectivity index (χ1v) is 6.55. The predicted octanol–water partition coefficient (Wildman–Crippen LogP) is 3.36. The zero-order valence-electron chi connectivity index (χ0n) is 10.9. The fraction of sp³-hybridized carbons (Fsp3) is 0.429. The quantitative estimate of drug-likeness (QED) is 0.614. The number of nitriles is 1. The predicted molar refractivity (Wildman–Crippen MR) is 75.1 cm³/mol. The number of ether oxygens (including phenoxy) is 1. The van der Waals surface area contributed by atoms with Crippen molar-refractivity contribution in [3.8, 4) is 6.07 Å². The minimum atomic E-state index is -0.169. The lowest BCUT2D eigenvalue weighted by atomic mass is 10.1. The average Bonchev–Trinajstić information content (AvgIpc) is 2.43. The van der Waals surface area contributed by atoms with Gasteiger partial charge in [0.15, 0.2) is 0 Å². The average molecular weight is 281 g/mol. The van der Waals surface area contributed by atoms with E-state index in [4.69, 9.17) is 16.9 Å². The first kappa shape index (κ1) is 15.3. The van der Waals surface area contributed by atoms with Gasteiger partial charge in [0.25, 0.3) is 0 Å². The van der Waals surface area contributed by atoms with E-state index in [2.05, 4.69) is 16.1 Å². The number of anilines is 1. The topological polar surface area (TPSA) is 62.1 Å². The summed E-state index contributed by atoms with van der Waals surface area (Å²) in [4.78, 5) is 10.9. The molecule has 0 atom stereocenters. The van der Waals surface area contributed by atoms with Gasteiger partial charge < -0.3 is 10.1 Å². The molecule has 1 N–H and O–H groups in total. The van der Waals surface area contributed by atoms with Gasteiger partial charge in [-0.2, -0.15) is 5.26 Å². The van der Waals surface area contributed by atoms with Crippen molar-refractivity contribution in [3.63, 3.8) is 0 Å². The second-order valence-electron chi connectivity index (χ2n) is 4.12. The van der Waals surface area contributed by atoms with Crippen LogP contribution in [0.4, 0.5) is 5.69 Å². The molecule has 0 spiro atoms. The number of rotatable bonds is 7. The molecule has 1 rings (SSSR count). The second-order valence-corrected chi connectivity index (χ2v) is 4.55. The number of benzene rings is 1. The molecule has 102 valence electrons. The van der Waals surface area contributed by atoms with Crippen LogP contribution < -0.4 is 5.32 Å². The van der Waals surface area contributed by atoms with E-state index in [9.17, 15) is 4.79 Å². The Morgan fingerprint density at radius 2 is 2.21 bits per heavy atom. The number of halogens is 1. The highest BCUT2D eigenvalue weighted by Gasteiger charge is 2.02. The Morgan fingerprint density at radius 1 is 1.42 bits per heavy atom. The number of methoxy groups -OCH3 is 1. The van der Waals surface area contributed by atoms with Crippen LogP contribution in [0, 0.1) is 11.3 Å². The van der Waals surface area contributed by atoms with Gasteiger partial charge in [0.1, 0.15) is 6.07 Å². The van der Waals surface area contributed by atoms with Gasteiger partial charge in [-0.25, -0.2) is 0 Å². The number of nitrogens with zero attached hydrogens (tertiary/aromatic N) is 1. The highest BCUT2D eigenvalue weighted by molar-refractivity contribution is 6.30. The monoisotopic (exact) mass is 280 g/mol. The molecule has 0 radical (unpaired) electrons. The molecule has 0 aliphatic rings. The van der Waals surface area contributed by atoms with Crippen LogP contribution in [0.3, 0.4) is 0 Å². The molecule has 5 heteroatoms. The number of hydrogen-bond donors (Lipinski definition) is 1. The third kappa shape index (κ3) is 5.62. The summed E-state index contributed by atoms with van der Waals surface area (Å²) < 4.78 is 4.56. The normalized spacial score (nSPS) is 9.74. The fourth-order valence-electron chi connectivity index (χ4n) is 1.66. The van der Waals surface area contributed by atoms with Crippen molar-refractivity contribution >= 4 is 23.3 Å². The molecule has 1 aromatic carbocycles. The van der Waals surface area contributed by atoms with Gasteiger partial charge in [0.2, 0.25) is 0 Å². The van der Waals surface area contributed by atoms with Crippen LogP contribution in [0.1, 0.15) is 31.2 Å². The van der Waals surface area contributed by atoms with E-state index in [1.807, 2.05) is 0 Å². The molecule has 0 aliphatic carbocycles. The van der Waals surface area contributed by atoms with Crippen molar-refractivity contribution in [3.05, 3.63) is 28.8 Å². The van der Waals surface area contributed by atoms with Crippen LogP contribution >= 0.6 is 11.6 Å². The zero-order chi connectivity index (χ0) is 14.1. The number of hydrogen-bond acceptors (Lipinski definition) is 4. The molecule has 0 saturated heterocycles. The van der Waals surface area contributed by atoms with Crippen LogP contribution in [0.15, 0.2) is 18.2 Å². The highest BCUT2D eigenvalue weighted by Crippen LogP contribution is 2.19. The van der Waals surface area contributed by atoms with Crippen LogP contribution in [0.2, 0.25) is 5.02 Å². The number of nitrogens with one attached hydrogen (secondary N) is 1. The van der Waals surface area contributed by atoms with Crippen LogP contribution in [0.25, 0.3) is 0 Å². The fourth-order valence-corrected chi connectivity index (χ4v) is 1.83. The van der Waals surface area contributed by atoms with Crippen molar-refractivity contribution in [2.75, 3.05) is 19.0 Å². The molecular formula is C14H17ClN2O2. The summed E-state index contributed by atoms with van der Waals surface area (Å²) >= 11 is 5.82. The molecular weight excluding hydrogens is 264 g/mol. The van der Waals surface area contributed by atoms with Crippen LogP contribution in [-0.4, -0.2) is 19.6 Å². The first-order chi connectivity index (χ1) is 9.17. The van der Waals surface area contributed by atoms with E-state index in [-0.39, 0.29) is 5.97 Å². The van der Waals surface area contributed by atoms with Gasteiger partial charge in [-0.15, -0.1) is 0 Å². The maximum absolute atomic E-state index is 10.9. The van der Waals surface area contributed by atoms with Crippen molar-refractivity contribution in [2.24, 2.45) is 0 Å². The molecule has 0 saturated carbocycles. The minimum Gasteiger partial charge on any atom is -0.469 e. The third-order valence-corrected chi connectivity index (χ3v) is 2.94. The van der Waals surface area contributed by atoms with Crippen molar-refractivity contribution in [2.45, 2.75) is 25.7 Å². The Morgan fingerprint density at radius 3 is 2.89 bits per heavy atom.